The van der Waals surface area contributed by atoms with Crippen molar-refractivity contribution < 1.29 is 0 Å². The Kier molecular flexibility index (Phi) is 4.40. The molecule has 0 unspecified atom stereocenters. The highest BCUT2D eigenvalue weighted by molar-refractivity contribution is 7.97. The van der Waals surface area contributed by atoms with Crippen molar-refractivity contribution in [1.29, 1.82) is 0 Å². The maximum absolute atomic E-state index is 4.05. The second kappa shape index (κ2) is 4.56. The van der Waals surface area contributed by atoms with Gasteiger partial charge in [-0.15, -0.1) is 0 Å². The number of rotatable bonds is 2. The van der Waals surface area contributed by atoms with Crippen LogP contribution < -0.4 is 0 Å². The molecule has 0 amide bonds. The molecule has 0 bridgehead atoms. The van der Waals surface area contributed by atoms with Crippen LogP contribution in [0.3, 0.4) is 0 Å². The van der Waals surface area contributed by atoms with Crippen LogP contribution in [0.5, 0.6) is 0 Å². The first kappa shape index (κ1) is 8.69. The van der Waals surface area contributed by atoms with Gasteiger partial charge in [0.2, 0.25) is 0 Å². The zero-order valence-electron chi connectivity index (χ0n) is 6.09. The largest absolute Gasteiger partial charge is 0.248 e. The predicted molar refractivity (Wildman–Crippen MR) is 45.3 cm³/mol. The van der Waals surface area contributed by atoms with Gasteiger partial charge in [0.1, 0.15) is 5.84 Å². The lowest BCUT2D eigenvalue weighted by atomic mass is 10.2. The molecule has 3 heteroatoms. The first-order valence-corrected chi connectivity index (χ1v) is 3.98. The van der Waals surface area contributed by atoms with Crippen LogP contribution in [0, 0.1) is 5.92 Å². The molecular formula is C6H12N2S. The van der Waals surface area contributed by atoms with Crippen LogP contribution in [-0.4, -0.2) is 18.8 Å². The molecule has 2 nitrogen and oxygen atoms in total. The lowest BCUT2D eigenvalue weighted by Crippen LogP contribution is -2.01. The fraction of sp³-hybridized carbons (Fsp3) is 0.667. The van der Waals surface area contributed by atoms with Gasteiger partial charge in [-0.3, -0.25) is 0 Å². The van der Waals surface area contributed by atoms with Gasteiger partial charge >= 0.3 is 0 Å². The summed E-state index contributed by atoms with van der Waals surface area (Å²) in [6.07, 6.45) is 1.91. The predicted octanol–water partition coefficient (Wildman–Crippen LogP) is 2.02. The molecule has 0 aromatic carbocycles. The Bertz CT molecular complexity index is 118. The summed E-state index contributed by atoms with van der Waals surface area (Å²) >= 11 is 1.42. The minimum atomic E-state index is 0.384. The smallest absolute Gasteiger partial charge is 0.138 e. The molecule has 0 saturated carbocycles. The number of hydrogen-bond acceptors (Lipinski definition) is 2. The summed E-state index contributed by atoms with van der Waals surface area (Å²) in [5, 5.41) is 0. The highest BCUT2D eigenvalue weighted by Gasteiger charge is 1.99. The summed E-state index contributed by atoms with van der Waals surface area (Å²) in [7, 11) is 0. The monoisotopic (exact) mass is 144 g/mol. The summed E-state index contributed by atoms with van der Waals surface area (Å²) < 4.78 is 4.05. The minimum Gasteiger partial charge on any atom is -0.248 e. The molecule has 9 heavy (non-hydrogen) atoms. The minimum absolute atomic E-state index is 0.384. The molecule has 0 aliphatic heterocycles. The number of aliphatic imine (C=N–C) groups is 1. The topological polar surface area (TPSA) is 24.7 Å². The van der Waals surface area contributed by atoms with Gasteiger partial charge in [-0.2, -0.15) is 0 Å². The van der Waals surface area contributed by atoms with E-state index in [0.717, 1.165) is 5.84 Å². The quantitative estimate of drug-likeness (QED) is 0.330. The zero-order chi connectivity index (χ0) is 7.28. The third kappa shape index (κ3) is 3.30. The summed E-state index contributed by atoms with van der Waals surface area (Å²) in [4.78, 5) is 3.76. The zero-order valence-corrected chi connectivity index (χ0v) is 6.90. The lowest BCUT2D eigenvalue weighted by molar-refractivity contribution is 0.878. The van der Waals surface area contributed by atoms with Gasteiger partial charge in [-0.05, 0) is 18.7 Å². The fourth-order valence-electron chi connectivity index (χ4n) is 0.410. The summed E-state index contributed by atoms with van der Waals surface area (Å²) in [5.41, 5.74) is 0. The van der Waals surface area contributed by atoms with Gasteiger partial charge in [0.25, 0.3) is 0 Å². The molecule has 0 heterocycles. The molecule has 0 aliphatic carbocycles. The number of amidine groups is 1. The van der Waals surface area contributed by atoms with E-state index in [1.54, 1.807) is 0 Å². The SMILES string of the molecule is C=N/C(=N\SC)C(C)C. The van der Waals surface area contributed by atoms with Crippen molar-refractivity contribution in [3.05, 3.63) is 0 Å². The van der Waals surface area contributed by atoms with Crippen LogP contribution in [0.4, 0.5) is 0 Å². The second-order valence-electron chi connectivity index (χ2n) is 1.94. The van der Waals surface area contributed by atoms with Crippen LogP contribution >= 0.6 is 11.9 Å². The highest BCUT2D eigenvalue weighted by Crippen LogP contribution is 2.03. The first-order valence-electron chi connectivity index (χ1n) is 2.80. The van der Waals surface area contributed by atoms with Gasteiger partial charge in [0.15, 0.2) is 0 Å². The maximum atomic E-state index is 4.05. The van der Waals surface area contributed by atoms with Crippen molar-refractivity contribution in [2.24, 2.45) is 15.3 Å². The molecular weight excluding hydrogens is 132 g/mol. The molecule has 0 spiro atoms. The summed E-state index contributed by atoms with van der Waals surface area (Å²) in [6, 6.07) is 0. The van der Waals surface area contributed by atoms with Crippen LogP contribution in [-0.2, 0) is 0 Å². The normalized spacial score (nSPS) is 12.2. The third-order valence-corrected chi connectivity index (χ3v) is 1.23. The van der Waals surface area contributed by atoms with Crippen LogP contribution in [0.2, 0.25) is 0 Å². The molecule has 52 valence electrons. The van der Waals surface area contributed by atoms with E-state index in [2.05, 4.69) is 16.1 Å². The van der Waals surface area contributed by atoms with E-state index in [1.807, 2.05) is 20.1 Å². The molecule has 0 saturated heterocycles. The van der Waals surface area contributed by atoms with E-state index >= 15 is 0 Å². The molecule has 0 rings (SSSR count). The lowest BCUT2D eigenvalue weighted by Gasteiger charge is -2.00. The van der Waals surface area contributed by atoms with E-state index in [-0.39, 0.29) is 0 Å². The third-order valence-electron chi connectivity index (χ3n) is 0.863. The Morgan fingerprint density at radius 3 is 2.22 bits per heavy atom. The highest BCUT2D eigenvalue weighted by atomic mass is 32.2. The van der Waals surface area contributed by atoms with Crippen molar-refractivity contribution >= 4 is 24.5 Å². The Balaban J connectivity index is 3.97. The van der Waals surface area contributed by atoms with Crippen molar-refractivity contribution in [1.82, 2.24) is 0 Å². The Morgan fingerprint density at radius 1 is 1.56 bits per heavy atom. The van der Waals surface area contributed by atoms with Gasteiger partial charge in [0, 0.05) is 12.2 Å². The fourth-order valence-corrected chi connectivity index (χ4v) is 0.866. The second-order valence-corrected chi connectivity index (χ2v) is 2.49. The summed E-state index contributed by atoms with van der Waals surface area (Å²) in [5.74, 6) is 1.21. The molecule has 0 N–H and O–H groups in total. The molecule has 0 atom stereocenters. The van der Waals surface area contributed by atoms with Crippen LogP contribution in [0.15, 0.2) is 9.39 Å². The van der Waals surface area contributed by atoms with Crippen LogP contribution in [0.1, 0.15) is 13.8 Å². The first-order chi connectivity index (χ1) is 4.22. The molecule has 0 fully saturated rings. The molecule has 0 aromatic rings. The Morgan fingerprint density at radius 2 is 2.11 bits per heavy atom. The van der Waals surface area contributed by atoms with E-state index in [4.69, 9.17) is 0 Å². The van der Waals surface area contributed by atoms with E-state index in [1.165, 1.54) is 11.9 Å². The Labute approximate surface area is 60.6 Å². The van der Waals surface area contributed by atoms with Crippen molar-refractivity contribution in [3.8, 4) is 0 Å². The van der Waals surface area contributed by atoms with Crippen molar-refractivity contribution in [3.63, 3.8) is 0 Å². The van der Waals surface area contributed by atoms with Crippen molar-refractivity contribution in [2.75, 3.05) is 6.26 Å². The van der Waals surface area contributed by atoms with Gasteiger partial charge in [0.05, 0.1) is 0 Å². The van der Waals surface area contributed by atoms with Gasteiger partial charge in [-0.25, -0.2) is 9.39 Å². The van der Waals surface area contributed by atoms with E-state index < -0.39 is 0 Å². The van der Waals surface area contributed by atoms with Crippen molar-refractivity contribution in [2.45, 2.75) is 13.8 Å². The van der Waals surface area contributed by atoms with Crippen LogP contribution in [0.25, 0.3) is 0 Å². The van der Waals surface area contributed by atoms with E-state index in [0.29, 0.717) is 5.92 Å². The maximum Gasteiger partial charge on any atom is 0.138 e. The summed E-state index contributed by atoms with van der Waals surface area (Å²) in [6.45, 7) is 7.50. The standard InChI is InChI=1S/C6H12N2S/c1-5(2)6(7-3)8-9-4/h5H,3H2,1-2,4H3/b8-6-. The Hall–Kier alpha value is -0.310. The average Bonchev–Trinajstić information content (AvgIpc) is 1.82. The van der Waals surface area contributed by atoms with E-state index in [9.17, 15) is 0 Å². The molecule has 0 radical (unpaired) electrons. The molecule has 0 aromatic heterocycles. The van der Waals surface area contributed by atoms with Gasteiger partial charge in [-0.1, -0.05) is 13.8 Å². The number of nitrogens with zero attached hydrogens (tertiary/aromatic N) is 2. The van der Waals surface area contributed by atoms with Gasteiger partial charge < -0.3 is 0 Å². The number of hydrogen-bond donors (Lipinski definition) is 0. The molecule has 0 aliphatic rings. The average molecular weight is 144 g/mol.